The molecule has 0 radical (unpaired) electrons. The van der Waals surface area contributed by atoms with Crippen molar-refractivity contribution in [3.63, 3.8) is 0 Å². The number of hydrogen-bond donors (Lipinski definition) is 0. The summed E-state index contributed by atoms with van der Waals surface area (Å²) in [6.07, 6.45) is 0. The minimum absolute atomic E-state index is 0.659. The molecule has 0 N–H and O–H groups in total. The van der Waals surface area contributed by atoms with Crippen molar-refractivity contribution in [2.75, 3.05) is 0 Å². The number of fused-ring (bicyclic) bond motifs is 5. The summed E-state index contributed by atoms with van der Waals surface area (Å²) in [5.41, 5.74) is 18.7. The van der Waals surface area contributed by atoms with Gasteiger partial charge in [0, 0.05) is 22.3 Å². The number of hydrogen-bond acceptors (Lipinski definition) is 2. The van der Waals surface area contributed by atoms with Gasteiger partial charge in [0.1, 0.15) is 0 Å². The average molecular weight is 917 g/mol. The highest BCUT2D eigenvalue weighted by Gasteiger charge is 2.25. The van der Waals surface area contributed by atoms with Gasteiger partial charge in [-0.3, -0.25) is 0 Å². The molecule has 338 valence electrons. The summed E-state index contributed by atoms with van der Waals surface area (Å²) < 4.78 is 0. The number of aryl methyl sites for hydroxylation is 2. The van der Waals surface area contributed by atoms with E-state index in [0.717, 1.165) is 67.0 Å². The molecule has 2 nitrogen and oxygen atoms in total. The molecule has 0 unspecified atom stereocenters. The lowest BCUT2D eigenvalue weighted by molar-refractivity contribution is 1.18. The van der Waals surface area contributed by atoms with Crippen molar-refractivity contribution in [3.8, 4) is 89.5 Å². The van der Waals surface area contributed by atoms with Crippen molar-refractivity contribution in [1.29, 1.82) is 0 Å². The molecule has 0 spiro atoms. The number of aromatic nitrogens is 2. The van der Waals surface area contributed by atoms with Gasteiger partial charge in [0.05, 0.1) is 11.4 Å². The highest BCUT2D eigenvalue weighted by Crippen LogP contribution is 2.48. The molecular formula is C70H48N2. The van der Waals surface area contributed by atoms with Gasteiger partial charge in [-0.15, -0.1) is 0 Å². The normalized spacial score (nSPS) is 11.5. The molecule has 13 rings (SSSR count). The molecule has 0 amide bonds. The molecule has 0 aliphatic heterocycles. The van der Waals surface area contributed by atoms with Crippen LogP contribution >= 0.6 is 0 Å². The number of nitrogens with zero attached hydrogens (tertiary/aromatic N) is 2. The zero-order chi connectivity index (χ0) is 48.1. The van der Waals surface area contributed by atoms with Gasteiger partial charge in [-0.1, -0.05) is 243 Å². The summed E-state index contributed by atoms with van der Waals surface area (Å²) in [5, 5.41) is 10.0. The number of rotatable bonds is 8. The minimum atomic E-state index is 0.659. The van der Waals surface area contributed by atoms with Crippen molar-refractivity contribution in [2.45, 2.75) is 13.8 Å². The Morgan fingerprint density at radius 1 is 0.222 bits per heavy atom. The molecule has 0 saturated heterocycles. The Morgan fingerprint density at radius 2 is 0.583 bits per heavy atom. The molecule has 1 aromatic heterocycles. The molecule has 72 heavy (non-hydrogen) atoms. The highest BCUT2D eigenvalue weighted by atomic mass is 14.9. The molecule has 0 atom stereocenters. The van der Waals surface area contributed by atoms with E-state index in [-0.39, 0.29) is 0 Å². The van der Waals surface area contributed by atoms with Gasteiger partial charge in [0.15, 0.2) is 5.82 Å². The van der Waals surface area contributed by atoms with Crippen LogP contribution in [0.4, 0.5) is 0 Å². The van der Waals surface area contributed by atoms with Crippen LogP contribution in [0.1, 0.15) is 11.1 Å². The summed E-state index contributed by atoms with van der Waals surface area (Å²) in [5.74, 6) is 0.659. The first-order valence-corrected chi connectivity index (χ1v) is 24.8. The Balaban J connectivity index is 1.07. The SMILES string of the molecule is Cc1c(C)c2ccc(-c3c4ccccc4c(-c4cccc(-c5nc(-c6ccccc6-c6ccccc6)c(-c6ccccc6)c(-c6ccccc6-c6ccccc6)n5)c4)c4ccccc34)cc2c2ccccc12. The summed E-state index contributed by atoms with van der Waals surface area (Å²) in [4.78, 5) is 11.4. The van der Waals surface area contributed by atoms with Crippen LogP contribution in [-0.4, -0.2) is 9.97 Å². The van der Waals surface area contributed by atoms with Gasteiger partial charge in [-0.25, -0.2) is 9.97 Å². The predicted molar refractivity (Wildman–Crippen MR) is 305 cm³/mol. The van der Waals surface area contributed by atoms with Crippen LogP contribution < -0.4 is 0 Å². The highest BCUT2D eigenvalue weighted by molar-refractivity contribution is 6.22. The van der Waals surface area contributed by atoms with E-state index in [1.165, 1.54) is 70.9 Å². The summed E-state index contributed by atoms with van der Waals surface area (Å²) in [7, 11) is 0. The van der Waals surface area contributed by atoms with Crippen LogP contribution in [0, 0.1) is 13.8 Å². The van der Waals surface area contributed by atoms with E-state index in [4.69, 9.17) is 9.97 Å². The van der Waals surface area contributed by atoms with E-state index in [2.05, 4.69) is 269 Å². The van der Waals surface area contributed by atoms with Crippen molar-refractivity contribution < 1.29 is 0 Å². The van der Waals surface area contributed by atoms with Crippen molar-refractivity contribution in [2.24, 2.45) is 0 Å². The van der Waals surface area contributed by atoms with Crippen LogP contribution in [0.2, 0.25) is 0 Å². The van der Waals surface area contributed by atoms with E-state index >= 15 is 0 Å². The quantitative estimate of drug-likeness (QED) is 0.112. The summed E-state index contributed by atoms with van der Waals surface area (Å²) in [6.45, 7) is 4.51. The van der Waals surface area contributed by atoms with Gasteiger partial charge >= 0.3 is 0 Å². The van der Waals surface area contributed by atoms with E-state index in [1.807, 2.05) is 0 Å². The Labute approximate surface area is 420 Å². The third-order valence-electron chi connectivity index (χ3n) is 14.7. The standard InChI is InChI=1S/C70H48N2/c1-45-46(2)54-42-41-51(44-64(54)57-34-15-12-31-53(45)57)66-60-37-18-16-35-58(60)65(59-36-17-19-38-61(59)66)50-29-22-30-52(43-50)70-71-68(62-39-20-13-32-55(62)47-23-6-3-7-24-47)67(49-27-10-5-11-28-49)69(72-70)63-40-21-14-33-56(63)48-25-8-4-9-26-48/h3-44H,1-2H3. The van der Waals surface area contributed by atoms with Gasteiger partial charge in [-0.05, 0) is 130 Å². The maximum absolute atomic E-state index is 5.72. The Morgan fingerprint density at radius 3 is 1.08 bits per heavy atom. The molecule has 0 fully saturated rings. The smallest absolute Gasteiger partial charge is 0.160 e. The molecule has 12 aromatic carbocycles. The average Bonchev–Trinajstić information content (AvgIpc) is 3.46. The van der Waals surface area contributed by atoms with Gasteiger partial charge in [0.25, 0.3) is 0 Å². The molecule has 0 aliphatic carbocycles. The minimum Gasteiger partial charge on any atom is -0.227 e. The van der Waals surface area contributed by atoms with E-state index in [0.29, 0.717) is 5.82 Å². The predicted octanol–water partition coefficient (Wildman–Crippen LogP) is 19.0. The Bertz CT molecular complexity index is 4050. The zero-order valence-corrected chi connectivity index (χ0v) is 40.1. The van der Waals surface area contributed by atoms with Gasteiger partial charge in [0.2, 0.25) is 0 Å². The second-order valence-electron chi connectivity index (χ2n) is 18.8. The molecule has 1 heterocycles. The third-order valence-corrected chi connectivity index (χ3v) is 14.7. The molecule has 0 bridgehead atoms. The van der Waals surface area contributed by atoms with Crippen LogP contribution in [0.15, 0.2) is 255 Å². The molecule has 0 saturated carbocycles. The Kier molecular flexibility index (Phi) is 10.7. The third kappa shape index (κ3) is 7.27. The first-order valence-electron chi connectivity index (χ1n) is 24.8. The fourth-order valence-corrected chi connectivity index (χ4v) is 11.2. The molecule has 2 heteroatoms. The fourth-order valence-electron chi connectivity index (χ4n) is 11.2. The van der Waals surface area contributed by atoms with E-state index in [9.17, 15) is 0 Å². The van der Waals surface area contributed by atoms with Crippen LogP contribution in [-0.2, 0) is 0 Å². The van der Waals surface area contributed by atoms with Crippen LogP contribution in [0.25, 0.3) is 133 Å². The summed E-state index contributed by atoms with van der Waals surface area (Å²) in [6, 6.07) is 92.0. The molecular weight excluding hydrogens is 869 g/mol. The number of benzene rings is 12. The zero-order valence-electron chi connectivity index (χ0n) is 40.1. The first-order chi connectivity index (χ1) is 35.6. The van der Waals surface area contributed by atoms with Gasteiger partial charge < -0.3 is 0 Å². The lowest BCUT2D eigenvalue weighted by Crippen LogP contribution is -2.02. The first kappa shape index (κ1) is 42.8. The maximum atomic E-state index is 5.72. The van der Waals surface area contributed by atoms with Crippen molar-refractivity contribution in [1.82, 2.24) is 9.97 Å². The van der Waals surface area contributed by atoms with E-state index in [1.54, 1.807) is 0 Å². The molecule has 0 aliphatic rings. The lowest BCUT2D eigenvalue weighted by Gasteiger charge is -2.21. The fraction of sp³-hybridized carbons (Fsp3) is 0.0286. The van der Waals surface area contributed by atoms with Crippen LogP contribution in [0.3, 0.4) is 0 Å². The Hall–Kier alpha value is -9.24. The topological polar surface area (TPSA) is 25.8 Å². The van der Waals surface area contributed by atoms with Crippen molar-refractivity contribution in [3.05, 3.63) is 266 Å². The largest absolute Gasteiger partial charge is 0.227 e. The van der Waals surface area contributed by atoms with Gasteiger partial charge in [-0.2, -0.15) is 0 Å². The van der Waals surface area contributed by atoms with Crippen LogP contribution in [0.5, 0.6) is 0 Å². The lowest BCUT2D eigenvalue weighted by atomic mass is 9.84. The van der Waals surface area contributed by atoms with Crippen molar-refractivity contribution >= 4 is 43.1 Å². The monoisotopic (exact) mass is 916 g/mol. The van der Waals surface area contributed by atoms with E-state index < -0.39 is 0 Å². The maximum Gasteiger partial charge on any atom is 0.160 e. The second-order valence-corrected chi connectivity index (χ2v) is 18.8. The molecule has 13 aromatic rings. The summed E-state index contributed by atoms with van der Waals surface area (Å²) >= 11 is 0. The second kappa shape index (κ2) is 17.9.